The summed E-state index contributed by atoms with van der Waals surface area (Å²) < 4.78 is 0. The number of nitrogens with one attached hydrogen (secondary N) is 1. The Bertz CT molecular complexity index is 542. The van der Waals surface area contributed by atoms with Crippen molar-refractivity contribution < 1.29 is 19.2 Å². The van der Waals surface area contributed by atoms with Crippen LogP contribution in [0.2, 0.25) is 0 Å². The van der Waals surface area contributed by atoms with Crippen LogP contribution in [-0.2, 0) is 19.2 Å². The first kappa shape index (κ1) is 19.4. The summed E-state index contributed by atoms with van der Waals surface area (Å²) in [5.74, 6) is -0.728. The summed E-state index contributed by atoms with van der Waals surface area (Å²) in [4.78, 5) is 49.1. The van der Waals surface area contributed by atoms with Crippen molar-refractivity contribution >= 4 is 23.5 Å². The molecule has 1 heterocycles. The van der Waals surface area contributed by atoms with Gasteiger partial charge in [0.15, 0.2) is 0 Å². The third kappa shape index (κ3) is 5.28. The van der Waals surface area contributed by atoms with E-state index in [4.69, 9.17) is 5.73 Å². The largest absolute Gasteiger partial charge is 0.369 e. The highest BCUT2D eigenvalue weighted by Gasteiger charge is 2.57. The van der Waals surface area contributed by atoms with Gasteiger partial charge in [-0.25, -0.2) is 0 Å². The molecular formula is C18H29N3O4. The molecule has 3 N–H and O–H groups in total. The van der Waals surface area contributed by atoms with Gasteiger partial charge in [0.05, 0.1) is 0 Å². The molecule has 7 nitrogen and oxygen atoms in total. The molecule has 2 rings (SSSR count). The Labute approximate surface area is 148 Å². The Morgan fingerprint density at radius 3 is 2.44 bits per heavy atom. The monoisotopic (exact) mass is 351 g/mol. The van der Waals surface area contributed by atoms with Crippen LogP contribution in [0.5, 0.6) is 0 Å². The van der Waals surface area contributed by atoms with Gasteiger partial charge in [-0.1, -0.05) is 12.8 Å². The van der Waals surface area contributed by atoms with Gasteiger partial charge in [0.25, 0.3) is 0 Å². The number of ketones is 1. The molecule has 1 aliphatic heterocycles. The second kappa shape index (κ2) is 8.45. The second-order valence-electron chi connectivity index (χ2n) is 7.37. The molecule has 0 spiro atoms. The fourth-order valence-corrected chi connectivity index (χ4v) is 3.41. The lowest BCUT2D eigenvalue weighted by Gasteiger charge is -2.32. The highest BCUT2D eigenvalue weighted by atomic mass is 16.2. The minimum absolute atomic E-state index is 0.0803. The number of Topliss-reactive ketones (excluding diaryl/α,β-unsaturated/α-hetero) is 1. The number of nitrogens with zero attached hydrogens (tertiary/aromatic N) is 1. The van der Waals surface area contributed by atoms with E-state index in [-0.39, 0.29) is 23.6 Å². The maximum Gasteiger partial charge on any atom is 0.238 e. The molecule has 0 bridgehead atoms. The fourth-order valence-electron chi connectivity index (χ4n) is 3.41. The van der Waals surface area contributed by atoms with E-state index in [2.05, 4.69) is 5.32 Å². The molecule has 1 saturated carbocycles. The molecule has 0 aromatic heterocycles. The van der Waals surface area contributed by atoms with Crippen LogP contribution in [-0.4, -0.2) is 47.5 Å². The molecule has 1 saturated heterocycles. The Balaban J connectivity index is 1.92. The van der Waals surface area contributed by atoms with E-state index < -0.39 is 11.3 Å². The summed E-state index contributed by atoms with van der Waals surface area (Å²) in [5.41, 5.74) is 4.42. The third-order valence-corrected chi connectivity index (χ3v) is 5.14. The van der Waals surface area contributed by atoms with Crippen LogP contribution in [0.25, 0.3) is 0 Å². The van der Waals surface area contributed by atoms with Gasteiger partial charge in [0, 0.05) is 32.0 Å². The van der Waals surface area contributed by atoms with E-state index in [1.165, 1.54) is 6.92 Å². The molecule has 25 heavy (non-hydrogen) atoms. The van der Waals surface area contributed by atoms with Gasteiger partial charge in [-0.3, -0.25) is 14.4 Å². The van der Waals surface area contributed by atoms with Crippen molar-refractivity contribution in [3.8, 4) is 0 Å². The summed E-state index contributed by atoms with van der Waals surface area (Å²) >= 11 is 0. The maximum atomic E-state index is 12.7. The predicted octanol–water partition coefficient (Wildman–Crippen LogP) is 0.899. The van der Waals surface area contributed by atoms with Crippen molar-refractivity contribution in [1.29, 1.82) is 0 Å². The summed E-state index contributed by atoms with van der Waals surface area (Å²) in [7, 11) is 0. The molecule has 1 unspecified atom stereocenters. The van der Waals surface area contributed by atoms with Crippen LogP contribution < -0.4 is 11.1 Å². The SMILES string of the molecule is CC(=O)CCCC(=O)NC1CCCCCN(C(=O)C2(C(N)=O)CC2)C1. The molecule has 2 fully saturated rings. The van der Waals surface area contributed by atoms with Crippen LogP contribution >= 0.6 is 0 Å². The topological polar surface area (TPSA) is 110 Å². The zero-order chi connectivity index (χ0) is 18.4. The molecule has 3 amide bonds. The Kier molecular flexibility index (Phi) is 6.56. The number of rotatable bonds is 7. The van der Waals surface area contributed by atoms with Crippen molar-refractivity contribution in [1.82, 2.24) is 10.2 Å². The number of hydrogen-bond donors (Lipinski definition) is 2. The summed E-state index contributed by atoms with van der Waals surface area (Å²) in [6.45, 7) is 2.54. The van der Waals surface area contributed by atoms with Crippen molar-refractivity contribution in [2.45, 2.75) is 70.8 Å². The lowest BCUT2D eigenvalue weighted by atomic mass is 10.00. The zero-order valence-corrected chi connectivity index (χ0v) is 15.0. The van der Waals surface area contributed by atoms with Gasteiger partial charge in [-0.15, -0.1) is 0 Å². The van der Waals surface area contributed by atoms with Gasteiger partial charge in [-0.2, -0.15) is 0 Å². The first-order valence-electron chi connectivity index (χ1n) is 9.23. The average molecular weight is 351 g/mol. The number of carbonyl (C=O) groups is 4. The van der Waals surface area contributed by atoms with Crippen molar-refractivity contribution in [3.63, 3.8) is 0 Å². The quantitative estimate of drug-likeness (QED) is 0.664. The van der Waals surface area contributed by atoms with Crippen LogP contribution in [0, 0.1) is 5.41 Å². The van der Waals surface area contributed by atoms with Gasteiger partial charge in [-0.05, 0) is 39.0 Å². The number of amides is 3. The molecule has 1 aliphatic carbocycles. The fraction of sp³-hybridized carbons (Fsp3) is 0.778. The molecule has 1 atom stereocenters. The number of nitrogens with two attached hydrogens (primary N) is 1. The highest BCUT2D eigenvalue weighted by Crippen LogP contribution is 2.47. The number of primary amides is 1. The smallest absolute Gasteiger partial charge is 0.238 e. The second-order valence-corrected chi connectivity index (χ2v) is 7.37. The molecule has 2 aliphatic rings. The Hall–Kier alpha value is -1.92. The van der Waals surface area contributed by atoms with E-state index in [0.717, 1.165) is 25.7 Å². The number of hydrogen-bond acceptors (Lipinski definition) is 4. The van der Waals surface area contributed by atoms with Crippen molar-refractivity contribution in [2.75, 3.05) is 13.1 Å². The first-order chi connectivity index (χ1) is 11.8. The summed E-state index contributed by atoms with van der Waals surface area (Å²) in [5, 5.41) is 2.99. The number of likely N-dealkylation sites (tertiary alicyclic amines) is 1. The minimum atomic E-state index is -1.00. The third-order valence-electron chi connectivity index (χ3n) is 5.14. The summed E-state index contributed by atoms with van der Waals surface area (Å²) in [6, 6.07) is -0.113. The van der Waals surface area contributed by atoms with Crippen LogP contribution in [0.3, 0.4) is 0 Å². The van der Waals surface area contributed by atoms with E-state index >= 15 is 0 Å². The van der Waals surface area contributed by atoms with Crippen molar-refractivity contribution in [3.05, 3.63) is 0 Å². The molecule has 0 aromatic carbocycles. The van der Waals surface area contributed by atoms with E-state index in [1.54, 1.807) is 4.90 Å². The van der Waals surface area contributed by atoms with Gasteiger partial charge in [0.1, 0.15) is 11.2 Å². The Morgan fingerprint density at radius 1 is 1.12 bits per heavy atom. The highest BCUT2D eigenvalue weighted by molar-refractivity contribution is 6.07. The van der Waals surface area contributed by atoms with E-state index in [0.29, 0.717) is 45.2 Å². The zero-order valence-electron chi connectivity index (χ0n) is 15.0. The molecular weight excluding hydrogens is 322 g/mol. The lowest BCUT2D eigenvalue weighted by Crippen LogP contribution is -2.51. The van der Waals surface area contributed by atoms with Gasteiger partial charge >= 0.3 is 0 Å². The van der Waals surface area contributed by atoms with Crippen LogP contribution in [0.4, 0.5) is 0 Å². The Morgan fingerprint density at radius 2 is 1.84 bits per heavy atom. The molecule has 140 valence electrons. The standard InChI is InChI=1S/C18H29N3O4/c1-13(22)6-5-8-15(23)20-14-7-3-2-4-11-21(12-14)17(25)18(9-10-18)16(19)24/h14H,2-12H2,1H3,(H2,19,24)(H,20,23). The minimum Gasteiger partial charge on any atom is -0.369 e. The molecule has 7 heteroatoms. The van der Waals surface area contributed by atoms with Gasteiger partial charge in [0.2, 0.25) is 17.7 Å². The average Bonchev–Trinajstić information content (AvgIpc) is 3.30. The lowest BCUT2D eigenvalue weighted by molar-refractivity contribution is -0.144. The molecule has 0 radical (unpaired) electrons. The normalized spacial score (nSPS) is 22.4. The van der Waals surface area contributed by atoms with E-state index in [1.807, 2.05) is 0 Å². The predicted molar refractivity (Wildman–Crippen MR) is 92.4 cm³/mol. The van der Waals surface area contributed by atoms with Crippen LogP contribution in [0.1, 0.15) is 64.7 Å². The maximum absolute atomic E-state index is 12.7. The summed E-state index contributed by atoms with van der Waals surface area (Å²) in [6.07, 6.45) is 6.02. The molecule has 0 aromatic rings. The first-order valence-corrected chi connectivity index (χ1v) is 9.23. The van der Waals surface area contributed by atoms with E-state index in [9.17, 15) is 19.2 Å². The number of carbonyl (C=O) groups excluding carboxylic acids is 4. The van der Waals surface area contributed by atoms with Crippen LogP contribution in [0.15, 0.2) is 0 Å². The van der Waals surface area contributed by atoms with Gasteiger partial charge < -0.3 is 20.7 Å². The van der Waals surface area contributed by atoms with Crippen molar-refractivity contribution in [2.24, 2.45) is 11.1 Å².